The highest BCUT2D eigenvalue weighted by Crippen LogP contribution is 2.34. The Kier molecular flexibility index (Phi) is 8.58. The fourth-order valence-electron chi connectivity index (χ4n) is 3.17. The van der Waals surface area contributed by atoms with Crippen LogP contribution in [0, 0.1) is 12.8 Å². The van der Waals surface area contributed by atoms with Gasteiger partial charge < -0.3 is 15.5 Å². The molecule has 2 atom stereocenters. The fourth-order valence-corrected chi connectivity index (χ4v) is 3.94. The summed E-state index contributed by atoms with van der Waals surface area (Å²) in [7, 11) is 0. The molecule has 2 aromatic heterocycles. The average molecular weight is 536 g/mol. The molecule has 0 aliphatic heterocycles. The number of halogens is 1. The maximum Gasteiger partial charge on any atom is 0.225 e. The zero-order valence-corrected chi connectivity index (χ0v) is 19.7. The van der Waals surface area contributed by atoms with Gasteiger partial charge in [0, 0.05) is 42.3 Å². The van der Waals surface area contributed by atoms with Crippen LogP contribution in [0.5, 0.6) is 0 Å². The third-order valence-corrected chi connectivity index (χ3v) is 6.02. The lowest BCUT2D eigenvalue weighted by Crippen LogP contribution is -2.37. The summed E-state index contributed by atoms with van der Waals surface area (Å²) in [5.74, 6) is 13.5. The van der Waals surface area contributed by atoms with Crippen LogP contribution in [0.1, 0.15) is 34.4 Å². The van der Waals surface area contributed by atoms with Crippen LogP contribution >= 0.6 is 22.6 Å². The van der Waals surface area contributed by atoms with Crippen molar-refractivity contribution in [2.45, 2.75) is 36.2 Å². The van der Waals surface area contributed by atoms with Crippen LogP contribution in [0.15, 0.2) is 54.7 Å². The van der Waals surface area contributed by atoms with Crippen molar-refractivity contribution in [2.24, 2.45) is 17.7 Å². The molecule has 0 bridgehead atoms. The number of nitrogens with zero attached hydrogens (tertiary/aromatic N) is 3. The van der Waals surface area contributed by atoms with Crippen LogP contribution in [0.3, 0.4) is 0 Å². The molecule has 2 unspecified atom stereocenters. The Bertz CT molecular complexity index is 904. The summed E-state index contributed by atoms with van der Waals surface area (Å²) in [6.07, 6.45) is 8.65. The number of aromatic nitrogens is 3. The van der Waals surface area contributed by atoms with Gasteiger partial charge in [-0.2, -0.15) is 10.9 Å². The van der Waals surface area contributed by atoms with E-state index in [0.29, 0.717) is 30.0 Å². The summed E-state index contributed by atoms with van der Waals surface area (Å²) in [4.78, 5) is 18.2. The first-order valence-electron chi connectivity index (χ1n) is 10.1. The second kappa shape index (κ2) is 11.4. The van der Waals surface area contributed by atoms with Crippen LogP contribution in [0.4, 0.5) is 11.8 Å². The smallest absolute Gasteiger partial charge is 0.225 e. The Morgan fingerprint density at radius 3 is 2.87 bits per heavy atom. The van der Waals surface area contributed by atoms with E-state index in [9.17, 15) is 0 Å². The second-order valence-corrected chi connectivity index (χ2v) is 8.90. The quantitative estimate of drug-likeness (QED) is 0.0912. The van der Waals surface area contributed by atoms with E-state index in [-0.39, 0.29) is 9.97 Å². The lowest BCUT2D eigenvalue weighted by Gasteiger charge is -2.18. The van der Waals surface area contributed by atoms with Crippen LogP contribution in [0.2, 0.25) is 0 Å². The summed E-state index contributed by atoms with van der Waals surface area (Å²) in [6, 6.07) is 6.01. The number of nitrogens with two attached hydrogens (primary N) is 2. The summed E-state index contributed by atoms with van der Waals surface area (Å²) >= 11 is 2.30. The molecule has 7 N–H and O–H groups in total. The average Bonchev–Trinajstić information content (AvgIpc) is 3.60. The highest BCUT2D eigenvalue weighted by molar-refractivity contribution is 14.1. The van der Waals surface area contributed by atoms with Crippen molar-refractivity contribution in [1.82, 2.24) is 20.4 Å². The fraction of sp³-hybridized carbons (Fsp3) is 0.381. The van der Waals surface area contributed by atoms with Crippen molar-refractivity contribution in [1.29, 1.82) is 0 Å². The van der Waals surface area contributed by atoms with Gasteiger partial charge in [0.15, 0.2) is 0 Å². The zero-order valence-electron chi connectivity index (χ0n) is 17.5. The minimum absolute atomic E-state index is 0.0706. The second-order valence-electron chi connectivity index (χ2n) is 7.55. The molecular weight excluding hydrogens is 507 g/mol. The van der Waals surface area contributed by atoms with Gasteiger partial charge in [0.05, 0.1) is 10.5 Å². The summed E-state index contributed by atoms with van der Waals surface area (Å²) in [5, 5.41) is 6.44. The molecule has 2 aromatic rings. The highest BCUT2D eigenvalue weighted by atomic mass is 127. The van der Waals surface area contributed by atoms with Gasteiger partial charge >= 0.3 is 0 Å². The molecule has 1 fully saturated rings. The molecule has 1 saturated carbocycles. The number of alkyl halides is 1. The van der Waals surface area contributed by atoms with E-state index in [0.717, 1.165) is 23.4 Å². The number of nitrogens with one attached hydrogen (secondary N) is 3. The van der Waals surface area contributed by atoms with Crippen molar-refractivity contribution in [3.63, 3.8) is 0 Å². The van der Waals surface area contributed by atoms with Gasteiger partial charge in [-0.1, -0.05) is 35.2 Å². The van der Waals surface area contributed by atoms with Crippen LogP contribution in [0.25, 0.3) is 0 Å². The normalized spacial score (nSPS) is 15.8. The first-order chi connectivity index (χ1) is 15.0. The number of hydrogen-bond acceptors (Lipinski definition) is 9. The Morgan fingerprint density at radius 1 is 1.42 bits per heavy atom. The predicted molar refractivity (Wildman–Crippen MR) is 131 cm³/mol. The third kappa shape index (κ3) is 7.42. The molecular formula is C21H29IN8O. The van der Waals surface area contributed by atoms with Crippen LogP contribution in [-0.4, -0.2) is 27.5 Å². The molecule has 2 heterocycles. The monoisotopic (exact) mass is 536 g/mol. The number of hydrogen-bond donors (Lipinski definition) is 5. The molecule has 166 valence electrons. The maximum atomic E-state index is 5.67. The molecule has 1 aliphatic rings. The largest absolute Gasteiger partial charge is 0.414 e. The third-order valence-electron chi connectivity index (χ3n) is 4.94. The predicted octanol–water partition coefficient (Wildman–Crippen LogP) is 3.10. The molecule has 0 saturated heterocycles. The van der Waals surface area contributed by atoms with Crippen LogP contribution < -0.4 is 27.8 Å². The van der Waals surface area contributed by atoms with Gasteiger partial charge in [-0.05, 0) is 43.4 Å². The topological polar surface area (TPSA) is 136 Å². The molecule has 0 aromatic carbocycles. The lowest BCUT2D eigenvalue weighted by atomic mass is 10.1. The van der Waals surface area contributed by atoms with Gasteiger partial charge in [-0.25, -0.2) is 4.98 Å². The van der Waals surface area contributed by atoms with E-state index < -0.39 is 0 Å². The van der Waals surface area contributed by atoms with Crippen molar-refractivity contribution in [3.8, 4) is 0 Å². The van der Waals surface area contributed by atoms with Crippen molar-refractivity contribution < 1.29 is 4.84 Å². The molecule has 10 heteroatoms. The van der Waals surface area contributed by atoms with Gasteiger partial charge in [0.1, 0.15) is 11.6 Å². The van der Waals surface area contributed by atoms with Gasteiger partial charge in [-0.3, -0.25) is 16.3 Å². The van der Waals surface area contributed by atoms with Crippen molar-refractivity contribution in [3.05, 3.63) is 66.0 Å². The minimum atomic E-state index is 0.0706. The van der Waals surface area contributed by atoms with E-state index in [1.54, 1.807) is 6.20 Å². The summed E-state index contributed by atoms with van der Waals surface area (Å²) in [5.41, 5.74) is 5.63. The molecule has 0 spiro atoms. The molecule has 3 rings (SSSR count). The number of hydrazine groups is 1. The van der Waals surface area contributed by atoms with Gasteiger partial charge in [-0.15, -0.1) is 0 Å². The van der Waals surface area contributed by atoms with E-state index in [2.05, 4.69) is 60.2 Å². The Morgan fingerprint density at radius 2 is 2.23 bits per heavy atom. The highest BCUT2D eigenvalue weighted by Gasteiger charge is 2.30. The summed E-state index contributed by atoms with van der Waals surface area (Å²) < 4.78 is 0.0706. The molecule has 31 heavy (non-hydrogen) atoms. The first kappa shape index (κ1) is 23.4. The van der Waals surface area contributed by atoms with Crippen molar-refractivity contribution >= 4 is 34.4 Å². The standard InChI is InChI=1S/C21H29IN8O/c1-13(8-19(30-23)15-5-6-15)27-20-9-14(2)28-21(29-20)26-12-17(31-24)10-18(22)16-4-3-7-25-11-16/h3-4,7,9-11,15,18-19,30H,1,5-6,8,12,23-24H2,2H3,(H2,26,27,28,29)/b17-10-. The number of allylic oxidation sites excluding steroid dienone is 1. The Labute approximate surface area is 196 Å². The molecule has 0 radical (unpaired) electrons. The van der Waals surface area contributed by atoms with Crippen LogP contribution in [-0.2, 0) is 4.84 Å². The van der Waals surface area contributed by atoms with Crippen molar-refractivity contribution in [2.75, 3.05) is 17.2 Å². The minimum Gasteiger partial charge on any atom is -0.414 e. The number of pyridine rings is 1. The Hall–Kier alpha value is -2.28. The number of anilines is 2. The zero-order chi connectivity index (χ0) is 22.2. The molecule has 0 amide bonds. The molecule has 1 aliphatic carbocycles. The Balaban J connectivity index is 1.60. The maximum absolute atomic E-state index is 5.67. The number of rotatable bonds is 12. The molecule has 9 nitrogen and oxygen atoms in total. The first-order valence-corrected chi connectivity index (χ1v) is 11.3. The van der Waals surface area contributed by atoms with E-state index in [1.807, 2.05) is 37.4 Å². The van der Waals surface area contributed by atoms with Gasteiger partial charge in [0.25, 0.3) is 0 Å². The summed E-state index contributed by atoms with van der Waals surface area (Å²) in [6.45, 7) is 6.38. The number of aryl methyl sites for hydroxylation is 1. The lowest BCUT2D eigenvalue weighted by molar-refractivity contribution is 0.218. The van der Waals surface area contributed by atoms with E-state index >= 15 is 0 Å². The van der Waals surface area contributed by atoms with E-state index in [1.165, 1.54) is 12.8 Å². The van der Waals surface area contributed by atoms with Gasteiger partial charge in [0.2, 0.25) is 5.95 Å². The SMILES string of the molecule is C=C(CC(NN)C1CC1)Nc1cc(C)nc(NC/C(=C/C(I)c2cccnc2)ON)n1. The van der Waals surface area contributed by atoms with E-state index in [4.69, 9.17) is 16.6 Å².